The number of hydrogen-bond donors (Lipinski definition) is 1. The molecule has 4 heteroatoms. The highest BCUT2D eigenvalue weighted by Crippen LogP contribution is 2.37. The molecule has 3 nitrogen and oxygen atoms in total. The summed E-state index contributed by atoms with van der Waals surface area (Å²) in [4.78, 5) is 1.17. The lowest BCUT2D eigenvalue weighted by Crippen LogP contribution is -1.95. The van der Waals surface area contributed by atoms with E-state index in [0.717, 1.165) is 16.9 Å². The summed E-state index contributed by atoms with van der Waals surface area (Å²) in [6.07, 6.45) is 2.05. The van der Waals surface area contributed by atoms with Gasteiger partial charge in [-0.2, -0.15) is 0 Å². The lowest BCUT2D eigenvalue weighted by atomic mass is 9.99. The third-order valence-electron chi connectivity index (χ3n) is 2.68. The first-order chi connectivity index (χ1) is 8.15. The van der Waals surface area contributed by atoms with Crippen LogP contribution in [0.3, 0.4) is 0 Å². The van der Waals surface area contributed by atoms with E-state index < -0.39 is 0 Å². The summed E-state index contributed by atoms with van der Waals surface area (Å²) in [6, 6.07) is 8.13. The number of benzene rings is 1. The van der Waals surface area contributed by atoms with Crippen molar-refractivity contribution in [3.63, 3.8) is 0 Å². The minimum Gasteiger partial charge on any atom is -0.381 e. The summed E-state index contributed by atoms with van der Waals surface area (Å²) in [5.41, 5.74) is 7.91. The predicted molar refractivity (Wildman–Crippen MR) is 72.2 cm³/mol. The molecule has 1 aromatic heterocycles. The van der Waals surface area contributed by atoms with Crippen LogP contribution in [0, 0.1) is 0 Å². The molecule has 2 N–H and O–H groups in total. The third-order valence-corrected chi connectivity index (χ3v) is 3.48. The van der Waals surface area contributed by atoms with Crippen molar-refractivity contribution >= 4 is 17.6 Å². The van der Waals surface area contributed by atoms with E-state index >= 15 is 0 Å². The van der Waals surface area contributed by atoms with Gasteiger partial charge in [-0.05, 0) is 24.3 Å². The van der Waals surface area contributed by atoms with Gasteiger partial charge in [-0.3, -0.25) is 0 Å². The Morgan fingerprint density at radius 1 is 1.29 bits per heavy atom. The Bertz CT molecular complexity index is 520. The molecular weight excluding hydrogens is 232 g/mol. The molecule has 0 fully saturated rings. The first-order valence-corrected chi connectivity index (χ1v) is 6.76. The van der Waals surface area contributed by atoms with Gasteiger partial charge in [0.15, 0.2) is 11.6 Å². The van der Waals surface area contributed by atoms with Crippen LogP contribution < -0.4 is 5.73 Å². The van der Waals surface area contributed by atoms with Crippen molar-refractivity contribution in [3.05, 3.63) is 29.8 Å². The second-order valence-electron chi connectivity index (χ2n) is 4.17. The highest BCUT2D eigenvalue weighted by atomic mass is 32.2. The Hall–Kier alpha value is -1.42. The van der Waals surface area contributed by atoms with Crippen molar-refractivity contribution in [1.29, 1.82) is 0 Å². The highest BCUT2D eigenvalue weighted by Gasteiger charge is 2.20. The van der Waals surface area contributed by atoms with Crippen molar-refractivity contribution in [1.82, 2.24) is 5.16 Å². The van der Waals surface area contributed by atoms with Crippen LogP contribution >= 0.6 is 11.8 Å². The number of thioether (sulfide) groups is 1. The molecule has 0 amide bonds. The van der Waals surface area contributed by atoms with E-state index in [0.29, 0.717) is 11.7 Å². The topological polar surface area (TPSA) is 52.0 Å². The van der Waals surface area contributed by atoms with E-state index in [4.69, 9.17) is 10.3 Å². The first-order valence-electron chi connectivity index (χ1n) is 5.53. The minimum absolute atomic E-state index is 0.297. The van der Waals surface area contributed by atoms with Gasteiger partial charge >= 0.3 is 0 Å². The molecule has 0 aliphatic rings. The van der Waals surface area contributed by atoms with Gasteiger partial charge < -0.3 is 10.3 Å². The van der Waals surface area contributed by atoms with Gasteiger partial charge in [0.1, 0.15) is 0 Å². The predicted octanol–water partition coefficient (Wildman–Crippen LogP) is 3.77. The first kappa shape index (κ1) is 12.0. The molecule has 0 radical (unpaired) electrons. The Labute approximate surface area is 105 Å². The Morgan fingerprint density at radius 2 is 2.00 bits per heavy atom. The summed E-state index contributed by atoms with van der Waals surface area (Å²) in [7, 11) is 0. The molecule has 90 valence electrons. The Kier molecular flexibility index (Phi) is 3.43. The van der Waals surface area contributed by atoms with Crippen LogP contribution in [0.1, 0.15) is 25.3 Å². The maximum absolute atomic E-state index is 5.86. The maximum atomic E-state index is 5.86. The van der Waals surface area contributed by atoms with Crippen molar-refractivity contribution in [3.8, 4) is 11.3 Å². The summed E-state index contributed by atoms with van der Waals surface area (Å²) in [6.45, 7) is 4.18. The molecule has 2 rings (SSSR count). The number of nitrogens with zero attached hydrogens (tertiary/aromatic N) is 1. The highest BCUT2D eigenvalue weighted by molar-refractivity contribution is 7.98. The van der Waals surface area contributed by atoms with Crippen molar-refractivity contribution in [2.24, 2.45) is 0 Å². The number of anilines is 1. The zero-order valence-corrected chi connectivity index (χ0v) is 11.0. The average molecular weight is 248 g/mol. The van der Waals surface area contributed by atoms with E-state index in [1.807, 2.05) is 24.5 Å². The second kappa shape index (κ2) is 4.84. The van der Waals surface area contributed by atoms with Crippen LogP contribution in [-0.2, 0) is 0 Å². The number of hydrogen-bond acceptors (Lipinski definition) is 4. The van der Waals surface area contributed by atoms with Crippen LogP contribution in [0.5, 0.6) is 0 Å². The maximum Gasteiger partial charge on any atom is 0.173 e. The Balaban J connectivity index is 2.60. The van der Waals surface area contributed by atoms with Gasteiger partial charge in [-0.1, -0.05) is 31.1 Å². The fourth-order valence-electron chi connectivity index (χ4n) is 1.89. The van der Waals surface area contributed by atoms with Gasteiger partial charge in [0, 0.05) is 16.0 Å². The fraction of sp³-hybridized carbons (Fsp3) is 0.308. The van der Waals surface area contributed by atoms with Gasteiger partial charge in [0.25, 0.3) is 0 Å². The lowest BCUT2D eigenvalue weighted by molar-refractivity contribution is 0.434. The molecule has 0 bridgehead atoms. The monoisotopic (exact) mass is 248 g/mol. The molecule has 0 atom stereocenters. The van der Waals surface area contributed by atoms with Crippen molar-refractivity contribution in [2.45, 2.75) is 24.7 Å². The molecule has 0 saturated heterocycles. The number of aromatic nitrogens is 1. The summed E-state index contributed by atoms with van der Waals surface area (Å²) in [5.74, 6) is 1.58. The molecule has 1 heterocycles. The van der Waals surface area contributed by atoms with E-state index in [2.05, 4.69) is 25.1 Å². The van der Waals surface area contributed by atoms with E-state index in [-0.39, 0.29) is 0 Å². The number of rotatable bonds is 3. The van der Waals surface area contributed by atoms with Crippen LogP contribution in [0.2, 0.25) is 0 Å². The zero-order valence-electron chi connectivity index (χ0n) is 10.2. The molecule has 2 aromatic rings. The number of nitrogen functional groups attached to an aromatic ring is 1. The normalized spacial score (nSPS) is 11.1. The molecular formula is C13H16N2OS. The van der Waals surface area contributed by atoms with Gasteiger partial charge in [0.2, 0.25) is 0 Å². The van der Waals surface area contributed by atoms with E-state index in [9.17, 15) is 0 Å². The molecule has 1 aromatic carbocycles. The average Bonchev–Trinajstić information content (AvgIpc) is 2.71. The SMILES string of the molecule is CSc1ccccc1-c1onc(N)c1C(C)C. The summed E-state index contributed by atoms with van der Waals surface area (Å²) >= 11 is 1.69. The molecule has 0 saturated carbocycles. The molecule has 0 aliphatic carbocycles. The zero-order chi connectivity index (χ0) is 12.4. The summed E-state index contributed by atoms with van der Waals surface area (Å²) in [5, 5.41) is 3.88. The summed E-state index contributed by atoms with van der Waals surface area (Å²) < 4.78 is 5.40. The fourth-order valence-corrected chi connectivity index (χ4v) is 2.49. The number of nitrogens with two attached hydrogens (primary N) is 1. The van der Waals surface area contributed by atoms with Gasteiger partial charge in [0.05, 0.1) is 0 Å². The molecule has 17 heavy (non-hydrogen) atoms. The second-order valence-corrected chi connectivity index (χ2v) is 5.01. The van der Waals surface area contributed by atoms with Crippen LogP contribution in [-0.4, -0.2) is 11.4 Å². The largest absolute Gasteiger partial charge is 0.381 e. The van der Waals surface area contributed by atoms with Gasteiger partial charge in [-0.15, -0.1) is 11.8 Å². The van der Waals surface area contributed by atoms with E-state index in [1.54, 1.807) is 11.8 Å². The van der Waals surface area contributed by atoms with Crippen LogP contribution in [0.4, 0.5) is 5.82 Å². The smallest absolute Gasteiger partial charge is 0.173 e. The van der Waals surface area contributed by atoms with Crippen molar-refractivity contribution in [2.75, 3.05) is 12.0 Å². The van der Waals surface area contributed by atoms with Gasteiger partial charge in [-0.25, -0.2) is 0 Å². The van der Waals surface area contributed by atoms with Crippen LogP contribution in [0.25, 0.3) is 11.3 Å². The standard InChI is InChI=1S/C13H16N2OS/c1-8(2)11-12(16-15-13(11)14)9-6-4-5-7-10(9)17-3/h4-8H,1-3H3,(H2,14,15). The molecule has 0 spiro atoms. The van der Waals surface area contributed by atoms with Crippen molar-refractivity contribution < 1.29 is 4.52 Å². The van der Waals surface area contributed by atoms with Crippen LogP contribution in [0.15, 0.2) is 33.7 Å². The molecule has 0 aliphatic heterocycles. The Morgan fingerprint density at radius 3 is 2.65 bits per heavy atom. The quantitative estimate of drug-likeness (QED) is 0.840. The van der Waals surface area contributed by atoms with E-state index in [1.165, 1.54) is 4.90 Å². The minimum atomic E-state index is 0.297. The lowest BCUT2D eigenvalue weighted by Gasteiger charge is -2.08. The third kappa shape index (κ3) is 2.17. The molecule has 0 unspecified atom stereocenters.